The quantitative estimate of drug-likeness (QED) is 0.575. The van der Waals surface area contributed by atoms with Gasteiger partial charge in [-0.2, -0.15) is 5.10 Å². The Bertz CT molecular complexity index is 841. The van der Waals surface area contributed by atoms with Gasteiger partial charge in [0.25, 0.3) is 11.8 Å². The average molecular weight is 401 g/mol. The van der Waals surface area contributed by atoms with Crippen LogP contribution in [0, 0.1) is 0 Å². The van der Waals surface area contributed by atoms with Crippen molar-refractivity contribution in [2.45, 2.75) is 0 Å². The fourth-order valence-electron chi connectivity index (χ4n) is 1.76. The van der Waals surface area contributed by atoms with Crippen LogP contribution in [-0.4, -0.2) is 24.6 Å². The average Bonchev–Trinajstić information content (AvgIpc) is 2.53. The molecule has 0 aromatic heterocycles. The van der Waals surface area contributed by atoms with Gasteiger partial charge in [-0.25, -0.2) is 5.43 Å². The van der Waals surface area contributed by atoms with Crippen LogP contribution < -0.4 is 15.9 Å². The fourth-order valence-corrected chi connectivity index (χ4v) is 2.50. The normalized spacial score (nSPS) is 10.7. The van der Waals surface area contributed by atoms with Crippen molar-refractivity contribution in [2.24, 2.45) is 10.8 Å². The molecule has 0 saturated heterocycles. The molecule has 0 aliphatic rings. The molecule has 0 heterocycles. The van der Waals surface area contributed by atoms with Crippen molar-refractivity contribution < 1.29 is 14.3 Å². The van der Waals surface area contributed by atoms with Gasteiger partial charge in [-0.15, -0.1) is 0 Å². The third kappa shape index (κ3) is 5.63. The summed E-state index contributed by atoms with van der Waals surface area (Å²) in [5.41, 5.74) is 8.20. The highest BCUT2D eigenvalue weighted by Crippen LogP contribution is 2.25. The molecule has 2 aromatic rings. The highest BCUT2D eigenvalue weighted by atomic mass is 35.5. The molecule has 0 atom stereocenters. The van der Waals surface area contributed by atoms with Crippen LogP contribution in [0.2, 0.25) is 15.1 Å². The van der Waals surface area contributed by atoms with Gasteiger partial charge in [0.15, 0.2) is 6.61 Å². The van der Waals surface area contributed by atoms with Crippen LogP contribution in [-0.2, 0) is 4.79 Å². The standard InChI is InChI=1S/C16H12Cl3N3O3/c17-10-2-3-11(12(18)6-10)16(24)22-21-7-9-1-4-14(13(19)5-9)25-8-15(20)23/h1-7H,8H2,(H2,20,23)(H,22,24). The lowest BCUT2D eigenvalue weighted by Crippen LogP contribution is -2.20. The Hall–Kier alpha value is -2.28. The summed E-state index contributed by atoms with van der Waals surface area (Å²) in [6.45, 7) is -0.273. The summed E-state index contributed by atoms with van der Waals surface area (Å²) in [6, 6.07) is 9.28. The smallest absolute Gasteiger partial charge is 0.272 e. The predicted octanol–water partition coefficient (Wildman–Crippen LogP) is 3.27. The van der Waals surface area contributed by atoms with E-state index in [1.165, 1.54) is 18.3 Å². The summed E-state index contributed by atoms with van der Waals surface area (Å²) in [7, 11) is 0. The largest absolute Gasteiger partial charge is 0.482 e. The number of carbonyl (C=O) groups is 2. The predicted molar refractivity (Wildman–Crippen MR) is 97.7 cm³/mol. The van der Waals surface area contributed by atoms with Crippen LogP contribution in [0.15, 0.2) is 41.5 Å². The number of hydrogen-bond acceptors (Lipinski definition) is 4. The van der Waals surface area contributed by atoms with E-state index in [0.29, 0.717) is 16.3 Å². The molecule has 0 saturated carbocycles. The Labute approximate surface area is 158 Å². The van der Waals surface area contributed by atoms with Crippen molar-refractivity contribution >= 4 is 52.8 Å². The zero-order valence-electron chi connectivity index (χ0n) is 12.6. The van der Waals surface area contributed by atoms with E-state index >= 15 is 0 Å². The van der Waals surface area contributed by atoms with Gasteiger partial charge in [0, 0.05) is 5.02 Å². The van der Waals surface area contributed by atoms with Gasteiger partial charge in [0.2, 0.25) is 0 Å². The molecule has 0 spiro atoms. The Morgan fingerprint density at radius 1 is 1.12 bits per heavy atom. The molecule has 2 rings (SSSR count). The van der Waals surface area contributed by atoms with Crippen molar-refractivity contribution in [1.82, 2.24) is 5.43 Å². The Kier molecular flexibility index (Phi) is 6.64. The number of carbonyl (C=O) groups excluding carboxylic acids is 2. The molecule has 25 heavy (non-hydrogen) atoms. The van der Waals surface area contributed by atoms with Crippen LogP contribution in [0.1, 0.15) is 15.9 Å². The molecule has 0 aliphatic carbocycles. The van der Waals surface area contributed by atoms with Crippen molar-refractivity contribution in [2.75, 3.05) is 6.61 Å². The summed E-state index contributed by atoms with van der Waals surface area (Å²) < 4.78 is 5.13. The number of amides is 2. The van der Waals surface area contributed by atoms with Crippen LogP contribution >= 0.6 is 34.8 Å². The molecule has 2 aromatic carbocycles. The van der Waals surface area contributed by atoms with E-state index in [9.17, 15) is 9.59 Å². The molecule has 2 amide bonds. The molecular weight excluding hydrogens is 389 g/mol. The number of ether oxygens (including phenoxy) is 1. The van der Waals surface area contributed by atoms with Gasteiger partial charge in [0.1, 0.15) is 5.75 Å². The first-order valence-corrected chi connectivity index (χ1v) is 7.99. The number of hydrazone groups is 1. The number of nitrogens with zero attached hydrogens (tertiary/aromatic N) is 1. The van der Waals surface area contributed by atoms with Gasteiger partial charge in [0.05, 0.1) is 21.8 Å². The van der Waals surface area contributed by atoms with Crippen LogP contribution in [0.4, 0.5) is 0 Å². The number of rotatable bonds is 6. The fraction of sp³-hybridized carbons (Fsp3) is 0.0625. The summed E-state index contributed by atoms with van der Waals surface area (Å²) in [5.74, 6) is -0.773. The van der Waals surface area contributed by atoms with Crippen molar-refractivity contribution in [3.63, 3.8) is 0 Å². The molecule has 3 N–H and O–H groups in total. The number of nitrogens with one attached hydrogen (secondary N) is 1. The second-order valence-corrected chi connectivity index (χ2v) is 6.02. The molecule has 130 valence electrons. The first kappa shape index (κ1) is 19.1. The van der Waals surface area contributed by atoms with E-state index in [1.807, 2.05) is 0 Å². The van der Waals surface area contributed by atoms with Gasteiger partial charge in [-0.3, -0.25) is 9.59 Å². The van der Waals surface area contributed by atoms with Crippen molar-refractivity contribution in [3.05, 3.63) is 62.6 Å². The second-order valence-electron chi connectivity index (χ2n) is 4.77. The lowest BCUT2D eigenvalue weighted by Gasteiger charge is -2.06. The molecule has 0 aliphatic heterocycles. The SMILES string of the molecule is NC(=O)COc1ccc(C=NNC(=O)c2ccc(Cl)cc2Cl)cc1Cl. The van der Waals surface area contributed by atoms with E-state index in [-0.39, 0.29) is 22.2 Å². The molecule has 0 fully saturated rings. The lowest BCUT2D eigenvalue weighted by atomic mass is 10.2. The third-order valence-electron chi connectivity index (χ3n) is 2.88. The second kappa shape index (κ2) is 8.71. The maximum Gasteiger partial charge on any atom is 0.272 e. The topological polar surface area (TPSA) is 93.8 Å². The van der Waals surface area contributed by atoms with E-state index in [1.54, 1.807) is 24.3 Å². The lowest BCUT2D eigenvalue weighted by molar-refractivity contribution is -0.119. The first-order chi connectivity index (χ1) is 11.9. The number of primary amides is 1. The van der Waals surface area contributed by atoms with Crippen molar-refractivity contribution in [3.8, 4) is 5.75 Å². The third-order valence-corrected chi connectivity index (χ3v) is 3.72. The molecule has 0 bridgehead atoms. The highest BCUT2D eigenvalue weighted by Gasteiger charge is 2.09. The van der Waals surface area contributed by atoms with Gasteiger partial charge >= 0.3 is 0 Å². The molecule has 6 nitrogen and oxygen atoms in total. The first-order valence-electron chi connectivity index (χ1n) is 6.86. The minimum Gasteiger partial charge on any atom is -0.482 e. The summed E-state index contributed by atoms with van der Waals surface area (Å²) in [5, 5.41) is 4.76. The zero-order chi connectivity index (χ0) is 18.4. The number of hydrogen-bond donors (Lipinski definition) is 2. The minimum absolute atomic E-state index is 0.221. The van der Waals surface area contributed by atoms with Gasteiger partial charge in [-0.1, -0.05) is 34.8 Å². The Balaban J connectivity index is 2.00. The van der Waals surface area contributed by atoms with Crippen molar-refractivity contribution in [1.29, 1.82) is 0 Å². The number of nitrogens with two attached hydrogens (primary N) is 1. The summed E-state index contributed by atoms with van der Waals surface area (Å²) >= 11 is 17.8. The van der Waals surface area contributed by atoms with Crippen LogP contribution in [0.25, 0.3) is 0 Å². The minimum atomic E-state index is -0.606. The monoisotopic (exact) mass is 399 g/mol. The molecular formula is C16H12Cl3N3O3. The van der Waals surface area contributed by atoms with E-state index in [2.05, 4.69) is 10.5 Å². The number of halogens is 3. The maximum absolute atomic E-state index is 12.0. The highest BCUT2D eigenvalue weighted by molar-refractivity contribution is 6.36. The summed E-state index contributed by atoms with van der Waals surface area (Å²) in [4.78, 5) is 22.7. The van der Waals surface area contributed by atoms with Gasteiger partial charge in [-0.05, 0) is 42.0 Å². The Morgan fingerprint density at radius 2 is 1.88 bits per heavy atom. The number of benzene rings is 2. The molecule has 0 unspecified atom stereocenters. The van der Waals surface area contributed by atoms with E-state index in [0.717, 1.165) is 0 Å². The Morgan fingerprint density at radius 3 is 2.52 bits per heavy atom. The van der Waals surface area contributed by atoms with E-state index < -0.39 is 11.8 Å². The van der Waals surface area contributed by atoms with Gasteiger partial charge < -0.3 is 10.5 Å². The van der Waals surface area contributed by atoms with E-state index in [4.69, 9.17) is 45.3 Å². The van der Waals surface area contributed by atoms with Crippen LogP contribution in [0.3, 0.4) is 0 Å². The molecule has 0 radical (unpaired) electrons. The maximum atomic E-state index is 12.0. The zero-order valence-corrected chi connectivity index (χ0v) is 14.9. The molecule has 9 heteroatoms. The summed E-state index contributed by atoms with van der Waals surface area (Å²) in [6.07, 6.45) is 1.39. The van der Waals surface area contributed by atoms with Crippen LogP contribution in [0.5, 0.6) is 5.75 Å².